The molecule has 1 aromatic rings. The molecule has 0 aromatic heterocycles. The minimum absolute atomic E-state index is 0.104. The van der Waals surface area contributed by atoms with E-state index in [0.29, 0.717) is 31.3 Å². The van der Waals surface area contributed by atoms with Crippen molar-refractivity contribution in [1.82, 2.24) is 9.80 Å². The Hall–Kier alpha value is -1.34. The first-order valence-corrected chi connectivity index (χ1v) is 9.06. The zero-order valence-electron chi connectivity index (χ0n) is 14.9. The maximum atomic E-state index is 11.7. The molecule has 1 fully saturated rings. The van der Waals surface area contributed by atoms with Crippen molar-refractivity contribution in [3.8, 4) is 0 Å². The first kappa shape index (κ1) is 20.0. The van der Waals surface area contributed by atoms with Crippen LogP contribution in [0.25, 0.3) is 0 Å². The Bertz CT molecular complexity index is 532. The third kappa shape index (κ3) is 6.47. The highest BCUT2D eigenvalue weighted by atomic mass is 35.5. The minimum atomic E-state index is -0.566. The molecule has 1 N–H and O–H groups in total. The predicted octanol–water partition coefficient (Wildman–Crippen LogP) is 2.55. The molecule has 1 aliphatic heterocycles. The second-order valence-corrected chi connectivity index (χ2v) is 6.60. The van der Waals surface area contributed by atoms with Crippen molar-refractivity contribution in [2.45, 2.75) is 26.1 Å². The van der Waals surface area contributed by atoms with Gasteiger partial charge in [-0.2, -0.15) is 0 Å². The molecular weight excluding hydrogens is 344 g/mol. The van der Waals surface area contributed by atoms with Gasteiger partial charge in [-0.25, -0.2) is 4.79 Å². The molecular formula is C18H27ClN2O4. The molecule has 0 saturated carbocycles. The van der Waals surface area contributed by atoms with Crippen molar-refractivity contribution >= 4 is 17.7 Å². The second kappa shape index (κ2) is 9.97. The van der Waals surface area contributed by atoms with Crippen LogP contribution in [0.5, 0.6) is 0 Å². The molecule has 1 aliphatic rings. The number of carbonyl (C=O) groups excluding carboxylic acids is 1. The van der Waals surface area contributed by atoms with E-state index in [-0.39, 0.29) is 18.8 Å². The summed E-state index contributed by atoms with van der Waals surface area (Å²) >= 11 is 5.88. The van der Waals surface area contributed by atoms with Crippen LogP contribution < -0.4 is 0 Å². The smallest absolute Gasteiger partial charge is 0.409 e. The van der Waals surface area contributed by atoms with Gasteiger partial charge in [0.05, 0.1) is 25.4 Å². The number of rotatable bonds is 7. The van der Waals surface area contributed by atoms with Gasteiger partial charge in [0.2, 0.25) is 0 Å². The fraction of sp³-hybridized carbons (Fsp3) is 0.611. The quantitative estimate of drug-likeness (QED) is 0.799. The van der Waals surface area contributed by atoms with Crippen molar-refractivity contribution in [2.24, 2.45) is 0 Å². The summed E-state index contributed by atoms with van der Waals surface area (Å²) in [5.74, 6) is 0. The maximum absolute atomic E-state index is 11.7. The molecule has 140 valence electrons. The summed E-state index contributed by atoms with van der Waals surface area (Å²) in [7, 11) is 0. The van der Waals surface area contributed by atoms with E-state index in [9.17, 15) is 9.90 Å². The van der Waals surface area contributed by atoms with Gasteiger partial charge in [-0.15, -0.1) is 0 Å². The number of nitrogens with zero attached hydrogens (tertiary/aromatic N) is 2. The van der Waals surface area contributed by atoms with Crippen molar-refractivity contribution in [1.29, 1.82) is 0 Å². The van der Waals surface area contributed by atoms with Crippen LogP contribution in [-0.4, -0.2) is 73.0 Å². The van der Waals surface area contributed by atoms with Gasteiger partial charge < -0.3 is 19.5 Å². The van der Waals surface area contributed by atoms with Gasteiger partial charge in [0.1, 0.15) is 0 Å². The molecule has 2 atom stereocenters. The van der Waals surface area contributed by atoms with Crippen LogP contribution in [-0.2, 0) is 9.47 Å². The predicted molar refractivity (Wildman–Crippen MR) is 96.9 cm³/mol. The summed E-state index contributed by atoms with van der Waals surface area (Å²) in [6.45, 7) is 7.63. The number of piperazine rings is 1. The second-order valence-electron chi connectivity index (χ2n) is 6.17. The third-order valence-corrected chi connectivity index (χ3v) is 4.50. The SMILES string of the molecule is CCOC(=O)N1CCN(C[C@H](O)CO[C@@H](C)c2ccc(Cl)cc2)CC1. The lowest BCUT2D eigenvalue weighted by Crippen LogP contribution is -2.51. The maximum Gasteiger partial charge on any atom is 0.409 e. The minimum Gasteiger partial charge on any atom is -0.450 e. The first-order valence-electron chi connectivity index (χ1n) is 8.68. The highest BCUT2D eigenvalue weighted by Gasteiger charge is 2.23. The number of carbonyl (C=O) groups is 1. The third-order valence-electron chi connectivity index (χ3n) is 4.25. The summed E-state index contributed by atoms with van der Waals surface area (Å²) in [4.78, 5) is 15.5. The Morgan fingerprint density at radius 3 is 2.48 bits per heavy atom. The van der Waals surface area contributed by atoms with Crippen LogP contribution in [0, 0.1) is 0 Å². The van der Waals surface area contributed by atoms with Gasteiger partial charge in [0.25, 0.3) is 0 Å². The number of aliphatic hydroxyl groups excluding tert-OH is 1. The molecule has 0 bridgehead atoms. The molecule has 0 aliphatic carbocycles. The highest BCUT2D eigenvalue weighted by Crippen LogP contribution is 2.19. The van der Waals surface area contributed by atoms with E-state index < -0.39 is 6.10 Å². The average Bonchev–Trinajstić information content (AvgIpc) is 2.61. The summed E-state index contributed by atoms with van der Waals surface area (Å²) in [6.07, 6.45) is -0.931. The lowest BCUT2D eigenvalue weighted by atomic mass is 10.1. The number of halogens is 1. The summed E-state index contributed by atoms with van der Waals surface area (Å²) in [5, 5.41) is 10.9. The molecule has 25 heavy (non-hydrogen) atoms. The molecule has 7 heteroatoms. The van der Waals surface area contributed by atoms with Crippen molar-refractivity contribution in [2.75, 3.05) is 45.9 Å². The Labute approximate surface area is 154 Å². The topological polar surface area (TPSA) is 62.2 Å². The standard InChI is InChI=1S/C18H27ClN2O4/c1-3-24-18(23)21-10-8-20(9-11-21)12-17(22)13-25-14(2)15-4-6-16(19)7-5-15/h4-7,14,17,22H,3,8-13H2,1-2H3/t14-,17-/m0/s1. The Balaban J connectivity index is 1.68. The normalized spacial score (nSPS) is 18.0. The number of aliphatic hydroxyl groups is 1. The summed E-state index contributed by atoms with van der Waals surface area (Å²) in [5.41, 5.74) is 1.03. The van der Waals surface area contributed by atoms with E-state index in [1.165, 1.54) is 0 Å². The lowest BCUT2D eigenvalue weighted by molar-refractivity contribution is -0.0208. The zero-order valence-corrected chi connectivity index (χ0v) is 15.6. The highest BCUT2D eigenvalue weighted by molar-refractivity contribution is 6.30. The molecule has 0 radical (unpaired) electrons. The van der Waals surface area contributed by atoms with Crippen molar-refractivity contribution in [3.63, 3.8) is 0 Å². The van der Waals surface area contributed by atoms with Crippen molar-refractivity contribution < 1.29 is 19.4 Å². The van der Waals surface area contributed by atoms with E-state index in [2.05, 4.69) is 4.90 Å². The number of benzene rings is 1. The van der Waals surface area contributed by atoms with Gasteiger partial charge >= 0.3 is 6.09 Å². The van der Waals surface area contributed by atoms with Crippen LogP contribution in [0.3, 0.4) is 0 Å². The number of ether oxygens (including phenoxy) is 2. The number of hydrogen-bond donors (Lipinski definition) is 1. The summed E-state index contributed by atoms with van der Waals surface area (Å²) in [6, 6.07) is 7.51. The van der Waals surface area contributed by atoms with E-state index in [0.717, 1.165) is 18.7 Å². The van der Waals surface area contributed by atoms with Gasteiger partial charge in [-0.1, -0.05) is 23.7 Å². The Morgan fingerprint density at radius 1 is 1.24 bits per heavy atom. The van der Waals surface area contributed by atoms with Gasteiger partial charge in [0, 0.05) is 37.7 Å². The van der Waals surface area contributed by atoms with Crippen LogP contribution in [0.2, 0.25) is 5.02 Å². The van der Waals surface area contributed by atoms with Crippen LogP contribution in [0.1, 0.15) is 25.5 Å². The molecule has 1 amide bonds. The molecule has 1 aromatic carbocycles. The Kier molecular flexibility index (Phi) is 7.96. The van der Waals surface area contributed by atoms with Gasteiger partial charge in [0.15, 0.2) is 0 Å². The molecule has 1 saturated heterocycles. The van der Waals surface area contributed by atoms with Crippen molar-refractivity contribution in [3.05, 3.63) is 34.9 Å². The molecule has 2 rings (SSSR count). The van der Waals surface area contributed by atoms with E-state index in [1.54, 1.807) is 11.8 Å². The number of β-amino-alcohol motifs (C(OH)–C–C–N with tert-alkyl or cyclic N) is 1. The fourth-order valence-corrected chi connectivity index (χ4v) is 2.89. The van der Waals surface area contributed by atoms with Crippen LogP contribution >= 0.6 is 11.6 Å². The van der Waals surface area contributed by atoms with E-state index in [1.807, 2.05) is 31.2 Å². The van der Waals surface area contributed by atoms with Gasteiger partial charge in [-0.05, 0) is 31.5 Å². The first-order chi connectivity index (χ1) is 12.0. The zero-order chi connectivity index (χ0) is 18.2. The molecule has 0 unspecified atom stereocenters. The van der Waals surface area contributed by atoms with Gasteiger partial charge in [-0.3, -0.25) is 4.90 Å². The molecule has 6 nitrogen and oxygen atoms in total. The summed E-state index contributed by atoms with van der Waals surface area (Å²) < 4.78 is 10.8. The lowest BCUT2D eigenvalue weighted by Gasteiger charge is -2.35. The van der Waals surface area contributed by atoms with Crippen LogP contribution in [0.4, 0.5) is 4.79 Å². The fourth-order valence-electron chi connectivity index (χ4n) is 2.76. The molecule has 1 heterocycles. The van der Waals surface area contributed by atoms with Crippen LogP contribution in [0.15, 0.2) is 24.3 Å². The largest absolute Gasteiger partial charge is 0.450 e. The molecule has 0 spiro atoms. The number of amides is 1. The van der Waals surface area contributed by atoms with E-state index in [4.69, 9.17) is 21.1 Å². The Morgan fingerprint density at radius 2 is 1.88 bits per heavy atom. The monoisotopic (exact) mass is 370 g/mol. The number of hydrogen-bond acceptors (Lipinski definition) is 5. The average molecular weight is 371 g/mol. The van der Waals surface area contributed by atoms with E-state index >= 15 is 0 Å².